The minimum absolute atomic E-state index is 0.0133. The summed E-state index contributed by atoms with van der Waals surface area (Å²) in [5.74, 6) is -0.0133. The van der Waals surface area contributed by atoms with E-state index in [0.29, 0.717) is 5.02 Å². The molecule has 1 aromatic carbocycles. The Morgan fingerprint density at radius 2 is 2.11 bits per heavy atom. The summed E-state index contributed by atoms with van der Waals surface area (Å²) >= 11 is 6.24. The summed E-state index contributed by atoms with van der Waals surface area (Å²) in [7, 11) is 0. The molecule has 1 aromatic rings. The van der Waals surface area contributed by atoms with Gasteiger partial charge in [-0.25, -0.2) is 0 Å². The Balaban J connectivity index is 2.49. The van der Waals surface area contributed by atoms with Gasteiger partial charge in [0.15, 0.2) is 0 Å². The highest BCUT2D eigenvalue weighted by Gasteiger charge is 2.39. The van der Waals surface area contributed by atoms with Crippen molar-refractivity contribution in [3.05, 3.63) is 28.3 Å². The molecule has 1 aliphatic heterocycles. The maximum absolute atomic E-state index is 11.9. The fraction of sp³-hybridized carbons (Fsp3) is 0.500. The maximum atomic E-state index is 11.9. The van der Waals surface area contributed by atoms with Gasteiger partial charge in [0.25, 0.3) is 0 Å². The zero-order chi connectivity index (χ0) is 13.5. The number of anilines is 1. The quantitative estimate of drug-likeness (QED) is 0.881. The number of nitrogens with two attached hydrogens (primary N) is 1. The summed E-state index contributed by atoms with van der Waals surface area (Å²) in [6.45, 7) is 5.91. The van der Waals surface area contributed by atoms with E-state index in [1.807, 2.05) is 26.0 Å². The van der Waals surface area contributed by atoms with E-state index in [4.69, 9.17) is 17.3 Å². The van der Waals surface area contributed by atoms with E-state index in [0.717, 1.165) is 29.7 Å². The number of hydrogen-bond acceptors (Lipinski definition) is 2. The number of carbonyl (C=O) groups is 1. The predicted octanol–water partition coefficient (Wildman–Crippen LogP) is 3.37. The third-order valence-electron chi connectivity index (χ3n) is 3.62. The summed E-state index contributed by atoms with van der Waals surface area (Å²) in [5, 5.41) is 3.42. The molecular weight excluding hydrogens is 248 g/mol. The molecule has 1 aliphatic rings. The van der Waals surface area contributed by atoms with Crippen LogP contribution in [0.2, 0.25) is 5.02 Å². The number of nitrogens with one attached hydrogen (secondary N) is 1. The summed E-state index contributed by atoms with van der Waals surface area (Å²) in [6.07, 6.45) is 1.94. The molecule has 98 valence electrons. The van der Waals surface area contributed by atoms with Crippen LogP contribution in [-0.4, -0.2) is 5.91 Å². The fourth-order valence-electron chi connectivity index (χ4n) is 2.33. The minimum atomic E-state index is -0.541. The molecule has 4 heteroatoms. The molecule has 18 heavy (non-hydrogen) atoms. The normalized spacial score (nSPS) is 18.4. The zero-order valence-electron chi connectivity index (χ0n) is 11.0. The second-order valence-electron chi connectivity index (χ2n) is 5.40. The molecule has 1 atom stereocenters. The van der Waals surface area contributed by atoms with E-state index in [1.54, 1.807) is 0 Å². The van der Waals surface area contributed by atoms with E-state index in [1.165, 1.54) is 0 Å². The zero-order valence-corrected chi connectivity index (χ0v) is 11.8. The third-order valence-corrected chi connectivity index (χ3v) is 3.92. The first-order valence-corrected chi connectivity index (χ1v) is 6.66. The van der Waals surface area contributed by atoms with Crippen LogP contribution in [0, 0.1) is 0 Å². The number of amides is 1. The number of hydrogen-bond donors (Lipinski definition) is 2. The lowest BCUT2D eigenvalue weighted by atomic mass is 9.84. The molecule has 1 amide bonds. The maximum Gasteiger partial charge on any atom is 0.234 e. The predicted molar refractivity (Wildman–Crippen MR) is 74.9 cm³/mol. The van der Waals surface area contributed by atoms with Gasteiger partial charge in [-0.1, -0.05) is 31.0 Å². The van der Waals surface area contributed by atoms with Gasteiger partial charge in [0.1, 0.15) is 0 Å². The molecule has 2 rings (SSSR count). The summed E-state index contributed by atoms with van der Waals surface area (Å²) < 4.78 is 0. The molecule has 0 fully saturated rings. The van der Waals surface area contributed by atoms with Gasteiger partial charge >= 0.3 is 0 Å². The van der Waals surface area contributed by atoms with E-state index in [9.17, 15) is 4.79 Å². The third kappa shape index (κ3) is 2.02. The number of benzene rings is 1. The van der Waals surface area contributed by atoms with E-state index < -0.39 is 5.41 Å². The lowest BCUT2D eigenvalue weighted by molar-refractivity contribution is -0.119. The standard InChI is InChI=1S/C14H19ClN2O/c1-4-5-11(16)8-6-9-12(10(15)7-8)17-13(18)14(9,2)3/h6-7,11H,4-5,16H2,1-3H3,(H,17,18). The summed E-state index contributed by atoms with van der Waals surface area (Å²) in [5.41, 5.74) is 8.27. The lowest BCUT2D eigenvalue weighted by Gasteiger charge is -2.18. The van der Waals surface area contributed by atoms with E-state index >= 15 is 0 Å². The Hall–Kier alpha value is -1.06. The highest BCUT2D eigenvalue weighted by molar-refractivity contribution is 6.35. The summed E-state index contributed by atoms with van der Waals surface area (Å²) in [6, 6.07) is 3.85. The molecule has 3 nitrogen and oxygen atoms in total. The molecule has 1 heterocycles. The molecule has 1 unspecified atom stereocenters. The molecule has 0 spiro atoms. The van der Waals surface area contributed by atoms with Crippen LogP contribution in [0.5, 0.6) is 0 Å². The highest BCUT2D eigenvalue weighted by atomic mass is 35.5. The fourth-order valence-corrected chi connectivity index (χ4v) is 2.61. The van der Waals surface area contributed by atoms with Crippen LogP contribution in [0.15, 0.2) is 12.1 Å². The van der Waals surface area contributed by atoms with Crippen molar-refractivity contribution in [1.82, 2.24) is 0 Å². The van der Waals surface area contributed by atoms with Crippen molar-refractivity contribution in [3.63, 3.8) is 0 Å². The van der Waals surface area contributed by atoms with E-state index in [2.05, 4.69) is 12.2 Å². The van der Waals surface area contributed by atoms with Crippen LogP contribution in [0.3, 0.4) is 0 Å². The minimum Gasteiger partial charge on any atom is -0.324 e. The van der Waals surface area contributed by atoms with Crippen LogP contribution in [-0.2, 0) is 10.2 Å². The van der Waals surface area contributed by atoms with Crippen LogP contribution >= 0.6 is 11.6 Å². The molecule has 0 radical (unpaired) electrons. The van der Waals surface area contributed by atoms with Gasteiger partial charge in [-0.05, 0) is 37.5 Å². The van der Waals surface area contributed by atoms with Crippen molar-refractivity contribution >= 4 is 23.2 Å². The average Bonchev–Trinajstić information content (AvgIpc) is 2.52. The Labute approximate surface area is 113 Å². The highest BCUT2D eigenvalue weighted by Crippen LogP contribution is 2.43. The Morgan fingerprint density at radius 3 is 2.72 bits per heavy atom. The summed E-state index contributed by atoms with van der Waals surface area (Å²) in [4.78, 5) is 11.9. The van der Waals surface area contributed by atoms with Crippen LogP contribution < -0.4 is 11.1 Å². The van der Waals surface area contributed by atoms with Crippen molar-refractivity contribution < 1.29 is 4.79 Å². The van der Waals surface area contributed by atoms with Gasteiger partial charge < -0.3 is 11.1 Å². The largest absolute Gasteiger partial charge is 0.324 e. The van der Waals surface area contributed by atoms with Crippen LogP contribution in [0.4, 0.5) is 5.69 Å². The Morgan fingerprint density at radius 1 is 1.44 bits per heavy atom. The van der Waals surface area contributed by atoms with E-state index in [-0.39, 0.29) is 11.9 Å². The first-order chi connectivity index (χ1) is 8.37. The first kappa shape index (κ1) is 13.4. The topological polar surface area (TPSA) is 55.1 Å². The number of rotatable bonds is 3. The average molecular weight is 267 g/mol. The smallest absolute Gasteiger partial charge is 0.234 e. The van der Waals surface area contributed by atoms with Gasteiger partial charge in [0, 0.05) is 6.04 Å². The second-order valence-corrected chi connectivity index (χ2v) is 5.81. The lowest BCUT2D eigenvalue weighted by Crippen LogP contribution is -2.27. The molecule has 0 saturated carbocycles. The number of carbonyl (C=O) groups excluding carboxylic acids is 1. The van der Waals surface area contributed by atoms with Gasteiger partial charge in [-0.15, -0.1) is 0 Å². The molecule has 3 N–H and O–H groups in total. The van der Waals surface area contributed by atoms with Gasteiger partial charge in [-0.2, -0.15) is 0 Å². The van der Waals surface area contributed by atoms with Gasteiger partial charge in [-0.3, -0.25) is 4.79 Å². The van der Waals surface area contributed by atoms with Gasteiger partial charge in [0.2, 0.25) is 5.91 Å². The Bertz CT molecular complexity index is 497. The molecule has 0 aromatic heterocycles. The molecule has 0 bridgehead atoms. The van der Waals surface area contributed by atoms with Crippen molar-refractivity contribution in [1.29, 1.82) is 0 Å². The van der Waals surface area contributed by atoms with Crippen LogP contribution in [0.1, 0.15) is 50.8 Å². The molecule has 0 saturated heterocycles. The SMILES string of the molecule is CCCC(N)c1cc(Cl)c2c(c1)C(C)(C)C(=O)N2. The van der Waals surface area contributed by atoms with Gasteiger partial charge in [0.05, 0.1) is 16.1 Å². The number of fused-ring (bicyclic) bond motifs is 1. The van der Waals surface area contributed by atoms with Crippen molar-refractivity contribution in [3.8, 4) is 0 Å². The van der Waals surface area contributed by atoms with Crippen LogP contribution in [0.25, 0.3) is 0 Å². The monoisotopic (exact) mass is 266 g/mol. The Kier molecular flexibility index (Phi) is 3.39. The first-order valence-electron chi connectivity index (χ1n) is 6.29. The van der Waals surface area contributed by atoms with Crippen molar-refractivity contribution in [2.24, 2.45) is 5.73 Å². The second kappa shape index (κ2) is 4.56. The van der Waals surface area contributed by atoms with Crippen molar-refractivity contribution in [2.45, 2.75) is 45.1 Å². The number of halogens is 1. The molecule has 0 aliphatic carbocycles. The molecular formula is C14H19ClN2O. The van der Waals surface area contributed by atoms with Crippen molar-refractivity contribution in [2.75, 3.05) is 5.32 Å².